The van der Waals surface area contributed by atoms with Gasteiger partial charge in [-0.05, 0) is 42.8 Å². The van der Waals surface area contributed by atoms with E-state index < -0.39 is 0 Å². The SMILES string of the molecule is CC(NC(=O)/C=C/c1ccco1)c1ccc(Cl)c(Cl)c1. The number of rotatable bonds is 4. The number of halogens is 2. The second kappa shape index (κ2) is 6.64. The first-order valence-corrected chi connectivity index (χ1v) is 6.79. The van der Waals surface area contributed by atoms with Gasteiger partial charge in [0.15, 0.2) is 0 Å². The van der Waals surface area contributed by atoms with Crippen LogP contribution in [0.1, 0.15) is 24.3 Å². The predicted molar refractivity (Wildman–Crippen MR) is 80.8 cm³/mol. The minimum Gasteiger partial charge on any atom is -0.465 e. The zero-order chi connectivity index (χ0) is 14.5. The number of carbonyl (C=O) groups is 1. The van der Waals surface area contributed by atoms with Gasteiger partial charge in [-0.1, -0.05) is 29.3 Å². The Morgan fingerprint density at radius 3 is 2.75 bits per heavy atom. The molecule has 0 aliphatic rings. The Labute approximate surface area is 127 Å². The quantitative estimate of drug-likeness (QED) is 0.846. The first kappa shape index (κ1) is 14.7. The largest absolute Gasteiger partial charge is 0.465 e. The van der Waals surface area contributed by atoms with E-state index in [2.05, 4.69) is 5.32 Å². The monoisotopic (exact) mass is 309 g/mol. The molecular weight excluding hydrogens is 297 g/mol. The van der Waals surface area contributed by atoms with E-state index in [0.717, 1.165) is 5.56 Å². The maximum absolute atomic E-state index is 11.8. The van der Waals surface area contributed by atoms with Crippen molar-refractivity contribution in [1.82, 2.24) is 5.32 Å². The summed E-state index contributed by atoms with van der Waals surface area (Å²) in [7, 11) is 0. The molecule has 0 fully saturated rings. The van der Waals surface area contributed by atoms with Crippen molar-refractivity contribution in [3.8, 4) is 0 Å². The molecule has 0 saturated heterocycles. The van der Waals surface area contributed by atoms with E-state index in [1.165, 1.54) is 6.08 Å². The second-order valence-electron chi connectivity index (χ2n) is 4.25. The molecule has 1 atom stereocenters. The Bertz CT molecular complexity index is 621. The zero-order valence-corrected chi connectivity index (χ0v) is 12.3. The molecule has 104 valence electrons. The minimum atomic E-state index is -0.208. The molecule has 5 heteroatoms. The van der Waals surface area contributed by atoms with E-state index in [1.807, 2.05) is 13.0 Å². The molecule has 1 heterocycles. The molecule has 0 spiro atoms. The Morgan fingerprint density at radius 1 is 1.30 bits per heavy atom. The lowest BCUT2D eigenvalue weighted by Crippen LogP contribution is -2.24. The summed E-state index contributed by atoms with van der Waals surface area (Å²) in [6.07, 6.45) is 4.58. The third kappa shape index (κ3) is 3.89. The number of nitrogens with one attached hydrogen (secondary N) is 1. The van der Waals surface area contributed by atoms with Crippen molar-refractivity contribution in [2.75, 3.05) is 0 Å². The summed E-state index contributed by atoms with van der Waals surface area (Å²) in [5.41, 5.74) is 0.888. The van der Waals surface area contributed by atoms with Crippen molar-refractivity contribution < 1.29 is 9.21 Å². The first-order chi connectivity index (χ1) is 9.56. The molecular formula is C15H13Cl2NO2. The van der Waals surface area contributed by atoms with Crippen molar-refractivity contribution in [2.24, 2.45) is 0 Å². The van der Waals surface area contributed by atoms with Crippen molar-refractivity contribution >= 4 is 35.2 Å². The normalized spacial score (nSPS) is 12.6. The molecule has 1 amide bonds. The molecule has 2 rings (SSSR count). The minimum absolute atomic E-state index is 0.168. The highest BCUT2D eigenvalue weighted by molar-refractivity contribution is 6.42. The van der Waals surface area contributed by atoms with Crippen molar-refractivity contribution in [3.63, 3.8) is 0 Å². The van der Waals surface area contributed by atoms with Crippen LogP contribution in [0.15, 0.2) is 47.1 Å². The van der Waals surface area contributed by atoms with Gasteiger partial charge in [0, 0.05) is 6.08 Å². The summed E-state index contributed by atoms with van der Waals surface area (Å²) in [5.74, 6) is 0.419. The molecule has 0 saturated carbocycles. The average Bonchev–Trinajstić information content (AvgIpc) is 2.92. The molecule has 3 nitrogen and oxygen atoms in total. The topological polar surface area (TPSA) is 42.2 Å². The van der Waals surface area contributed by atoms with Gasteiger partial charge in [0.25, 0.3) is 0 Å². The lowest BCUT2D eigenvalue weighted by atomic mass is 10.1. The van der Waals surface area contributed by atoms with Crippen LogP contribution >= 0.6 is 23.2 Å². The van der Waals surface area contributed by atoms with Gasteiger partial charge in [-0.2, -0.15) is 0 Å². The summed E-state index contributed by atoms with van der Waals surface area (Å²) in [6.45, 7) is 1.87. The Balaban J connectivity index is 1.98. The Kier molecular flexibility index (Phi) is 4.88. The van der Waals surface area contributed by atoms with Gasteiger partial charge in [0.1, 0.15) is 5.76 Å². The summed E-state index contributed by atoms with van der Waals surface area (Å²) in [4.78, 5) is 11.8. The maximum atomic E-state index is 11.8. The lowest BCUT2D eigenvalue weighted by Gasteiger charge is -2.13. The van der Waals surface area contributed by atoms with Crippen LogP contribution in [-0.4, -0.2) is 5.91 Å². The van der Waals surface area contributed by atoms with E-state index in [9.17, 15) is 4.79 Å². The van der Waals surface area contributed by atoms with E-state index >= 15 is 0 Å². The molecule has 0 bridgehead atoms. The molecule has 0 aliphatic carbocycles. The number of hydrogen-bond acceptors (Lipinski definition) is 2. The van der Waals surface area contributed by atoms with Crippen molar-refractivity contribution in [3.05, 3.63) is 64.0 Å². The second-order valence-corrected chi connectivity index (χ2v) is 5.07. The molecule has 1 unspecified atom stereocenters. The van der Waals surface area contributed by atoms with Crippen molar-refractivity contribution in [2.45, 2.75) is 13.0 Å². The smallest absolute Gasteiger partial charge is 0.244 e. The molecule has 2 aromatic rings. The van der Waals surface area contributed by atoms with Gasteiger partial charge in [-0.15, -0.1) is 0 Å². The predicted octanol–water partition coefficient (Wildman–Crippen LogP) is 4.48. The average molecular weight is 310 g/mol. The fourth-order valence-electron chi connectivity index (χ4n) is 1.67. The molecule has 20 heavy (non-hydrogen) atoms. The number of furan rings is 1. The molecule has 1 aromatic heterocycles. The van der Waals surface area contributed by atoms with E-state index in [0.29, 0.717) is 15.8 Å². The third-order valence-electron chi connectivity index (χ3n) is 2.74. The summed E-state index contributed by atoms with van der Waals surface area (Å²) in [5, 5.41) is 3.80. The standard InChI is InChI=1S/C15H13Cl2NO2/c1-10(11-4-6-13(16)14(17)9-11)18-15(19)7-5-12-3-2-8-20-12/h2-10H,1H3,(H,18,19)/b7-5+. The first-order valence-electron chi connectivity index (χ1n) is 6.03. The van der Waals surface area contributed by atoms with Gasteiger partial charge in [-0.3, -0.25) is 4.79 Å². The number of hydrogen-bond donors (Lipinski definition) is 1. The van der Waals surface area contributed by atoms with Crippen molar-refractivity contribution in [1.29, 1.82) is 0 Å². The fourth-order valence-corrected chi connectivity index (χ4v) is 1.98. The lowest BCUT2D eigenvalue weighted by molar-refractivity contribution is -0.117. The van der Waals surface area contributed by atoms with Crippen LogP contribution in [0.2, 0.25) is 10.0 Å². The van der Waals surface area contributed by atoms with Gasteiger partial charge in [0.2, 0.25) is 5.91 Å². The van der Waals surface area contributed by atoms with Gasteiger partial charge in [-0.25, -0.2) is 0 Å². The van der Waals surface area contributed by atoms with E-state index in [4.69, 9.17) is 27.6 Å². The van der Waals surface area contributed by atoms with E-state index in [-0.39, 0.29) is 11.9 Å². The highest BCUT2D eigenvalue weighted by Crippen LogP contribution is 2.25. The zero-order valence-electron chi connectivity index (χ0n) is 10.8. The van der Waals surface area contributed by atoms with Crippen LogP contribution in [0.25, 0.3) is 6.08 Å². The van der Waals surface area contributed by atoms with Crippen LogP contribution in [0, 0.1) is 0 Å². The molecule has 0 radical (unpaired) electrons. The highest BCUT2D eigenvalue weighted by atomic mass is 35.5. The highest BCUT2D eigenvalue weighted by Gasteiger charge is 2.09. The van der Waals surface area contributed by atoms with Crippen LogP contribution in [0.3, 0.4) is 0 Å². The number of benzene rings is 1. The summed E-state index contributed by atoms with van der Waals surface area (Å²) in [6, 6.07) is 8.64. The number of carbonyl (C=O) groups excluding carboxylic acids is 1. The summed E-state index contributed by atoms with van der Waals surface area (Å²) < 4.78 is 5.10. The van der Waals surface area contributed by atoms with Gasteiger partial charge in [0.05, 0.1) is 22.4 Å². The summed E-state index contributed by atoms with van der Waals surface area (Å²) >= 11 is 11.8. The van der Waals surface area contributed by atoms with Gasteiger partial charge >= 0.3 is 0 Å². The Morgan fingerprint density at radius 2 is 2.10 bits per heavy atom. The van der Waals surface area contributed by atoms with Gasteiger partial charge < -0.3 is 9.73 Å². The third-order valence-corrected chi connectivity index (χ3v) is 3.48. The van der Waals surface area contributed by atoms with Crippen LogP contribution in [-0.2, 0) is 4.79 Å². The van der Waals surface area contributed by atoms with Crippen LogP contribution in [0.4, 0.5) is 0 Å². The molecule has 1 N–H and O–H groups in total. The fraction of sp³-hybridized carbons (Fsp3) is 0.133. The van der Waals surface area contributed by atoms with Crippen LogP contribution in [0.5, 0.6) is 0 Å². The van der Waals surface area contributed by atoms with Crippen LogP contribution < -0.4 is 5.32 Å². The molecule has 1 aromatic carbocycles. The molecule has 0 aliphatic heterocycles. The maximum Gasteiger partial charge on any atom is 0.244 e. The number of amides is 1. The Hall–Kier alpha value is -1.71. The van der Waals surface area contributed by atoms with E-state index in [1.54, 1.807) is 36.6 Å².